The van der Waals surface area contributed by atoms with E-state index in [2.05, 4.69) is 18.6 Å². The van der Waals surface area contributed by atoms with Gasteiger partial charge in [-0.2, -0.15) is 0 Å². The van der Waals surface area contributed by atoms with E-state index in [1.165, 1.54) is 0 Å². The second kappa shape index (κ2) is 6.70. The summed E-state index contributed by atoms with van der Waals surface area (Å²) < 4.78 is 25.2. The molecule has 1 rings (SSSR count). The highest BCUT2D eigenvalue weighted by Gasteiger charge is 2.09. The Morgan fingerprint density at radius 1 is 1.21 bits per heavy atom. The van der Waals surface area contributed by atoms with E-state index in [9.17, 15) is 13.2 Å². The van der Waals surface area contributed by atoms with Crippen molar-refractivity contribution in [2.75, 3.05) is 10.5 Å². The highest BCUT2D eigenvalue weighted by Crippen LogP contribution is 2.14. The van der Waals surface area contributed by atoms with Gasteiger partial charge in [0.25, 0.3) is 0 Å². The standard InChI is InChI=1S/C14H21NO3S/c1-4-19(17,18)15-13-8-6-12(7-9-13)14(16)10-5-11(2)3/h6-9,11,15H,4-5,10H2,1-3H3. The molecule has 5 heteroatoms. The third kappa shape index (κ3) is 5.42. The molecule has 0 aliphatic rings. The van der Waals surface area contributed by atoms with E-state index in [-0.39, 0.29) is 11.5 Å². The smallest absolute Gasteiger partial charge is 0.232 e. The summed E-state index contributed by atoms with van der Waals surface area (Å²) >= 11 is 0. The van der Waals surface area contributed by atoms with E-state index in [1.807, 2.05) is 0 Å². The van der Waals surface area contributed by atoms with Crippen LogP contribution in [0.4, 0.5) is 5.69 Å². The fourth-order valence-corrected chi connectivity index (χ4v) is 2.18. The number of Topliss-reactive ketones (excluding diaryl/α,β-unsaturated/α-hetero) is 1. The summed E-state index contributed by atoms with van der Waals surface area (Å²) in [5.74, 6) is 0.625. The van der Waals surface area contributed by atoms with Crippen LogP contribution in [0.1, 0.15) is 44.0 Å². The van der Waals surface area contributed by atoms with Crippen LogP contribution in [0, 0.1) is 5.92 Å². The van der Waals surface area contributed by atoms with E-state index in [1.54, 1.807) is 31.2 Å². The number of benzene rings is 1. The highest BCUT2D eigenvalue weighted by atomic mass is 32.2. The van der Waals surface area contributed by atoms with Crippen LogP contribution in [0.3, 0.4) is 0 Å². The van der Waals surface area contributed by atoms with Crippen LogP contribution < -0.4 is 4.72 Å². The number of sulfonamides is 1. The van der Waals surface area contributed by atoms with Gasteiger partial charge < -0.3 is 0 Å². The summed E-state index contributed by atoms with van der Waals surface area (Å²) in [6, 6.07) is 6.57. The third-order valence-corrected chi connectivity index (χ3v) is 4.12. The van der Waals surface area contributed by atoms with Crippen LogP contribution in [-0.2, 0) is 10.0 Å². The second-order valence-corrected chi connectivity index (χ2v) is 6.95. The minimum absolute atomic E-state index is 0.0298. The molecule has 106 valence electrons. The van der Waals surface area contributed by atoms with Gasteiger partial charge in [-0.3, -0.25) is 9.52 Å². The van der Waals surface area contributed by atoms with E-state index in [0.717, 1.165) is 6.42 Å². The lowest BCUT2D eigenvalue weighted by Crippen LogP contribution is -2.14. The normalized spacial score (nSPS) is 11.6. The molecule has 0 radical (unpaired) electrons. The van der Waals surface area contributed by atoms with Crippen molar-refractivity contribution in [3.8, 4) is 0 Å². The number of anilines is 1. The zero-order valence-electron chi connectivity index (χ0n) is 11.6. The van der Waals surface area contributed by atoms with Gasteiger partial charge in [-0.1, -0.05) is 13.8 Å². The Hall–Kier alpha value is -1.36. The van der Waals surface area contributed by atoms with Gasteiger partial charge >= 0.3 is 0 Å². The van der Waals surface area contributed by atoms with Gasteiger partial charge in [-0.05, 0) is 43.5 Å². The maximum absolute atomic E-state index is 11.9. The highest BCUT2D eigenvalue weighted by molar-refractivity contribution is 7.92. The number of ketones is 1. The summed E-state index contributed by atoms with van der Waals surface area (Å²) in [5, 5.41) is 0. The summed E-state index contributed by atoms with van der Waals surface area (Å²) in [6.07, 6.45) is 1.39. The summed E-state index contributed by atoms with van der Waals surface area (Å²) in [5.41, 5.74) is 1.11. The molecular weight excluding hydrogens is 262 g/mol. The first-order valence-corrected chi connectivity index (χ1v) is 8.13. The topological polar surface area (TPSA) is 63.2 Å². The summed E-state index contributed by atoms with van der Waals surface area (Å²) in [6.45, 7) is 5.73. The van der Waals surface area contributed by atoms with Gasteiger partial charge in [0.1, 0.15) is 0 Å². The molecule has 0 spiro atoms. The average molecular weight is 283 g/mol. The Morgan fingerprint density at radius 2 is 1.79 bits per heavy atom. The molecule has 0 aromatic heterocycles. The molecule has 0 saturated heterocycles. The Kier molecular flexibility index (Phi) is 5.54. The number of hydrogen-bond donors (Lipinski definition) is 1. The predicted octanol–water partition coefficient (Wildman–Crippen LogP) is 3.07. The zero-order valence-corrected chi connectivity index (χ0v) is 12.5. The Morgan fingerprint density at radius 3 is 2.26 bits per heavy atom. The minimum Gasteiger partial charge on any atom is -0.294 e. The van der Waals surface area contributed by atoms with Gasteiger partial charge in [0.15, 0.2) is 5.78 Å². The molecule has 1 aromatic carbocycles. The molecule has 4 nitrogen and oxygen atoms in total. The van der Waals surface area contributed by atoms with Crippen LogP contribution in [0.25, 0.3) is 0 Å². The molecule has 0 aliphatic heterocycles. The fourth-order valence-electron chi connectivity index (χ4n) is 1.54. The van der Waals surface area contributed by atoms with Gasteiger partial charge in [-0.15, -0.1) is 0 Å². The summed E-state index contributed by atoms with van der Waals surface area (Å²) in [7, 11) is -3.26. The maximum Gasteiger partial charge on any atom is 0.232 e. The van der Waals surface area contributed by atoms with Crippen molar-refractivity contribution in [1.82, 2.24) is 0 Å². The molecule has 0 aliphatic carbocycles. The molecule has 0 saturated carbocycles. The van der Waals surface area contributed by atoms with E-state index >= 15 is 0 Å². The van der Waals surface area contributed by atoms with E-state index in [0.29, 0.717) is 23.6 Å². The second-order valence-electron chi connectivity index (χ2n) is 4.94. The van der Waals surface area contributed by atoms with Crippen LogP contribution in [-0.4, -0.2) is 20.0 Å². The fraction of sp³-hybridized carbons (Fsp3) is 0.500. The number of carbonyl (C=O) groups excluding carboxylic acids is 1. The number of carbonyl (C=O) groups is 1. The van der Waals surface area contributed by atoms with Crippen molar-refractivity contribution in [2.45, 2.75) is 33.6 Å². The Bertz CT molecular complexity index is 518. The van der Waals surface area contributed by atoms with E-state index in [4.69, 9.17) is 0 Å². The number of nitrogens with one attached hydrogen (secondary N) is 1. The lowest BCUT2D eigenvalue weighted by Gasteiger charge is -2.07. The third-order valence-electron chi connectivity index (χ3n) is 2.81. The van der Waals surface area contributed by atoms with Gasteiger partial charge in [0.2, 0.25) is 10.0 Å². The molecule has 1 aromatic rings. The van der Waals surface area contributed by atoms with Crippen molar-refractivity contribution >= 4 is 21.5 Å². The first kappa shape index (κ1) is 15.7. The van der Waals surface area contributed by atoms with Gasteiger partial charge in [0, 0.05) is 17.7 Å². The zero-order chi connectivity index (χ0) is 14.5. The van der Waals surface area contributed by atoms with Crippen LogP contribution >= 0.6 is 0 Å². The molecule has 0 amide bonds. The average Bonchev–Trinajstić information content (AvgIpc) is 2.36. The van der Waals surface area contributed by atoms with Crippen molar-refractivity contribution in [2.24, 2.45) is 5.92 Å². The molecule has 0 bridgehead atoms. The molecule has 1 N–H and O–H groups in total. The van der Waals surface area contributed by atoms with Crippen molar-refractivity contribution in [3.05, 3.63) is 29.8 Å². The first-order valence-electron chi connectivity index (χ1n) is 6.48. The summed E-state index contributed by atoms with van der Waals surface area (Å²) in [4.78, 5) is 11.9. The number of rotatable bonds is 7. The van der Waals surface area contributed by atoms with Crippen molar-refractivity contribution in [3.63, 3.8) is 0 Å². The van der Waals surface area contributed by atoms with Gasteiger partial charge in [0.05, 0.1) is 5.75 Å². The molecule has 0 atom stereocenters. The lowest BCUT2D eigenvalue weighted by molar-refractivity contribution is 0.0975. The maximum atomic E-state index is 11.9. The largest absolute Gasteiger partial charge is 0.294 e. The molecule has 19 heavy (non-hydrogen) atoms. The molecular formula is C14H21NO3S. The Balaban J connectivity index is 2.69. The lowest BCUT2D eigenvalue weighted by atomic mass is 10.0. The van der Waals surface area contributed by atoms with E-state index < -0.39 is 10.0 Å². The van der Waals surface area contributed by atoms with Crippen LogP contribution in [0.5, 0.6) is 0 Å². The van der Waals surface area contributed by atoms with Crippen molar-refractivity contribution in [1.29, 1.82) is 0 Å². The SMILES string of the molecule is CCS(=O)(=O)Nc1ccc(C(=O)CCC(C)C)cc1. The predicted molar refractivity (Wildman–Crippen MR) is 77.9 cm³/mol. The molecule has 0 fully saturated rings. The molecule has 0 heterocycles. The minimum atomic E-state index is -3.26. The van der Waals surface area contributed by atoms with Gasteiger partial charge in [-0.25, -0.2) is 8.42 Å². The quantitative estimate of drug-likeness (QED) is 0.782. The Labute approximate surface area is 115 Å². The molecule has 0 unspecified atom stereocenters. The van der Waals surface area contributed by atoms with Crippen molar-refractivity contribution < 1.29 is 13.2 Å². The first-order chi connectivity index (χ1) is 8.84. The monoisotopic (exact) mass is 283 g/mol. The van der Waals surface area contributed by atoms with Crippen LogP contribution in [0.15, 0.2) is 24.3 Å². The number of hydrogen-bond acceptors (Lipinski definition) is 3. The van der Waals surface area contributed by atoms with Crippen LogP contribution in [0.2, 0.25) is 0 Å².